The molecule has 154 valence electrons. The molecule has 1 N–H and O–H groups in total. The quantitative estimate of drug-likeness (QED) is 0.528. The van der Waals surface area contributed by atoms with E-state index in [-0.39, 0.29) is 37.1 Å². The number of rotatable bonds is 8. The van der Waals surface area contributed by atoms with Gasteiger partial charge in [0, 0.05) is 13.0 Å². The fourth-order valence-electron chi connectivity index (χ4n) is 2.79. The second kappa shape index (κ2) is 8.86. The van der Waals surface area contributed by atoms with Gasteiger partial charge in [-0.15, -0.1) is 0 Å². The lowest BCUT2D eigenvalue weighted by Gasteiger charge is -2.28. The fraction of sp³-hybridized carbons (Fsp3) is 0.476. The molecule has 1 aliphatic rings. The highest BCUT2D eigenvalue weighted by Crippen LogP contribution is 2.22. The van der Waals surface area contributed by atoms with Crippen molar-refractivity contribution in [3.63, 3.8) is 0 Å². The van der Waals surface area contributed by atoms with Crippen molar-refractivity contribution >= 4 is 23.7 Å². The summed E-state index contributed by atoms with van der Waals surface area (Å²) in [5, 5.41) is 11.9. The number of benzene rings is 1. The van der Waals surface area contributed by atoms with Crippen LogP contribution in [0.25, 0.3) is 0 Å². The number of ether oxygens (including phenoxy) is 1. The fourth-order valence-corrected chi connectivity index (χ4v) is 2.79. The van der Waals surface area contributed by atoms with Crippen molar-refractivity contribution in [1.29, 1.82) is 5.26 Å². The van der Waals surface area contributed by atoms with Crippen LogP contribution in [-0.2, 0) is 14.3 Å². The van der Waals surface area contributed by atoms with Crippen LogP contribution in [0.3, 0.4) is 0 Å². The van der Waals surface area contributed by atoms with Crippen LogP contribution in [0.15, 0.2) is 24.3 Å². The van der Waals surface area contributed by atoms with Gasteiger partial charge in [-0.1, -0.05) is 26.0 Å². The number of carbonyl (C=O) groups excluding carboxylic acids is 4. The van der Waals surface area contributed by atoms with Crippen molar-refractivity contribution in [2.45, 2.75) is 52.2 Å². The molecule has 1 aromatic rings. The highest BCUT2D eigenvalue weighted by atomic mass is 16.5. The van der Waals surface area contributed by atoms with Crippen LogP contribution in [0.4, 0.5) is 0 Å². The molecule has 1 aromatic carbocycles. The third kappa shape index (κ3) is 4.80. The maximum Gasteiger partial charge on any atom is 0.306 e. The zero-order chi connectivity index (χ0) is 21.8. The molecule has 0 fully saturated rings. The normalized spacial score (nSPS) is 16.1. The molecule has 8 nitrogen and oxygen atoms in total. The second-order valence-corrected chi connectivity index (χ2v) is 7.50. The van der Waals surface area contributed by atoms with E-state index in [1.807, 2.05) is 0 Å². The van der Waals surface area contributed by atoms with Gasteiger partial charge in [0.25, 0.3) is 17.7 Å². The van der Waals surface area contributed by atoms with Gasteiger partial charge in [-0.05, 0) is 38.3 Å². The number of hydrogen-bond donors (Lipinski definition) is 1. The molecule has 0 spiro atoms. The monoisotopic (exact) mass is 399 g/mol. The van der Waals surface area contributed by atoms with Gasteiger partial charge in [-0.2, -0.15) is 5.26 Å². The molecule has 3 amide bonds. The Hall–Kier alpha value is -3.21. The van der Waals surface area contributed by atoms with Gasteiger partial charge in [0.15, 0.2) is 6.10 Å². The number of hydrogen-bond acceptors (Lipinski definition) is 6. The summed E-state index contributed by atoms with van der Waals surface area (Å²) in [6, 6.07) is 8.62. The minimum Gasteiger partial charge on any atom is -0.453 e. The standard InChI is InChI=1S/C21H25N3O5/c1-13(2)21(4,12-22)23-18(26)14(3)29-17(25)10-7-11-24-19(27)15-8-5-6-9-16(15)20(24)28/h5-6,8-9,13-14H,7,10-11H2,1-4H3,(H,23,26)/t14-,21-/m1/s1. The van der Waals surface area contributed by atoms with Gasteiger partial charge in [-0.3, -0.25) is 24.1 Å². The topological polar surface area (TPSA) is 117 Å². The largest absolute Gasteiger partial charge is 0.453 e. The molecule has 1 heterocycles. The number of nitriles is 1. The van der Waals surface area contributed by atoms with E-state index in [1.165, 1.54) is 6.92 Å². The molecule has 2 atom stereocenters. The van der Waals surface area contributed by atoms with E-state index in [0.29, 0.717) is 11.1 Å². The zero-order valence-electron chi connectivity index (χ0n) is 17.0. The molecule has 8 heteroatoms. The van der Waals surface area contributed by atoms with Crippen molar-refractivity contribution in [3.05, 3.63) is 35.4 Å². The minimum atomic E-state index is -1.07. The average Bonchev–Trinajstić information content (AvgIpc) is 2.92. The summed E-state index contributed by atoms with van der Waals surface area (Å²) in [5.41, 5.74) is -0.351. The second-order valence-electron chi connectivity index (χ2n) is 7.50. The molecule has 0 saturated carbocycles. The van der Waals surface area contributed by atoms with Crippen LogP contribution in [0.5, 0.6) is 0 Å². The average molecular weight is 399 g/mol. The van der Waals surface area contributed by atoms with Crippen LogP contribution in [0.2, 0.25) is 0 Å². The van der Waals surface area contributed by atoms with Crippen LogP contribution in [0, 0.1) is 17.2 Å². The molecule has 0 aliphatic carbocycles. The van der Waals surface area contributed by atoms with Gasteiger partial charge >= 0.3 is 5.97 Å². The molecule has 0 bridgehead atoms. The maximum atomic E-state index is 12.3. The van der Waals surface area contributed by atoms with Crippen molar-refractivity contribution in [1.82, 2.24) is 10.2 Å². The van der Waals surface area contributed by atoms with E-state index >= 15 is 0 Å². The Morgan fingerprint density at radius 1 is 1.17 bits per heavy atom. The van der Waals surface area contributed by atoms with Crippen molar-refractivity contribution < 1.29 is 23.9 Å². The predicted octanol–water partition coefficient (Wildman–Crippen LogP) is 2.05. The lowest BCUT2D eigenvalue weighted by atomic mass is 9.90. The molecule has 29 heavy (non-hydrogen) atoms. The van der Waals surface area contributed by atoms with E-state index in [0.717, 1.165) is 4.90 Å². The lowest BCUT2D eigenvalue weighted by molar-refractivity contribution is -0.155. The molecule has 1 aliphatic heterocycles. The summed E-state index contributed by atoms with van der Waals surface area (Å²) in [5.74, 6) is -2.06. The molecule has 0 aromatic heterocycles. The maximum absolute atomic E-state index is 12.3. The van der Waals surface area contributed by atoms with Crippen LogP contribution in [-0.4, -0.2) is 46.8 Å². The molecule has 0 unspecified atom stereocenters. The van der Waals surface area contributed by atoms with Crippen molar-refractivity contribution in [3.8, 4) is 6.07 Å². The Morgan fingerprint density at radius 2 is 1.72 bits per heavy atom. The summed E-state index contributed by atoms with van der Waals surface area (Å²) in [4.78, 5) is 49.9. The van der Waals surface area contributed by atoms with Gasteiger partial charge in [0.1, 0.15) is 5.54 Å². The molecular weight excluding hydrogens is 374 g/mol. The van der Waals surface area contributed by atoms with Crippen molar-refractivity contribution in [2.75, 3.05) is 6.54 Å². The number of nitrogens with one attached hydrogen (secondary N) is 1. The smallest absolute Gasteiger partial charge is 0.306 e. The van der Waals surface area contributed by atoms with Gasteiger partial charge in [-0.25, -0.2) is 0 Å². The lowest BCUT2D eigenvalue weighted by Crippen LogP contribution is -2.52. The van der Waals surface area contributed by atoms with E-state index in [4.69, 9.17) is 4.74 Å². The summed E-state index contributed by atoms with van der Waals surface area (Å²) >= 11 is 0. The van der Waals surface area contributed by atoms with E-state index in [1.54, 1.807) is 45.0 Å². The summed E-state index contributed by atoms with van der Waals surface area (Å²) < 4.78 is 5.11. The van der Waals surface area contributed by atoms with Crippen molar-refractivity contribution in [2.24, 2.45) is 5.92 Å². The predicted molar refractivity (Wildman–Crippen MR) is 104 cm³/mol. The Balaban J connectivity index is 1.82. The Labute approximate surface area is 169 Å². The number of esters is 1. The van der Waals surface area contributed by atoms with E-state index < -0.39 is 23.5 Å². The van der Waals surface area contributed by atoms with Gasteiger partial charge in [0.05, 0.1) is 17.2 Å². The Kier molecular flexibility index (Phi) is 6.75. The van der Waals surface area contributed by atoms with Gasteiger partial charge in [0.2, 0.25) is 0 Å². The first-order valence-electron chi connectivity index (χ1n) is 9.48. The van der Waals surface area contributed by atoms with Crippen LogP contribution in [0.1, 0.15) is 61.3 Å². The SMILES string of the molecule is CC(C)[C@@](C)(C#N)NC(=O)[C@@H](C)OC(=O)CCCN1C(=O)c2ccccc2C1=O. The number of carbonyl (C=O) groups is 4. The highest BCUT2D eigenvalue weighted by molar-refractivity contribution is 6.21. The zero-order valence-corrected chi connectivity index (χ0v) is 17.0. The molecule has 0 radical (unpaired) electrons. The minimum absolute atomic E-state index is 0.0509. The number of nitrogens with zero attached hydrogens (tertiary/aromatic N) is 2. The van der Waals surface area contributed by atoms with E-state index in [9.17, 15) is 24.4 Å². The number of imide groups is 1. The first kappa shape index (κ1) is 22.1. The highest BCUT2D eigenvalue weighted by Gasteiger charge is 2.35. The molecular formula is C21H25N3O5. The molecule has 2 rings (SSSR count). The Bertz CT molecular complexity index is 838. The number of fused-ring (bicyclic) bond motifs is 1. The summed E-state index contributed by atoms with van der Waals surface area (Å²) in [6.07, 6.45) is -0.890. The van der Waals surface area contributed by atoms with Gasteiger partial charge < -0.3 is 10.1 Å². The summed E-state index contributed by atoms with van der Waals surface area (Å²) in [6.45, 7) is 6.72. The van der Waals surface area contributed by atoms with E-state index in [2.05, 4.69) is 11.4 Å². The summed E-state index contributed by atoms with van der Waals surface area (Å²) in [7, 11) is 0. The third-order valence-electron chi connectivity index (χ3n) is 5.09. The van der Waals surface area contributed by atoms with Crippen LogP contribution >= 0.6 is 0 Å². The third-order valence-corrected chi connectivity index (χ3v) is 5.09. The first-order valence-corrected chi connectivity index (χ1v) is 9.48. The van der Waals surface area contributed by atoms with Crippen LogP contribution < -0.4 is 5.32 Å². The number of amides is 3. The Morgan fingerprint density at radius 3 is 2.21 bits per heavy atom. The molecule has 0 saturated heterocycles. The first-order chi connectivity index (χ1) is 13.6.